The summed E-state index contributed by atoms with van der Waals surface area (Å²) < 4.78 is 1.08. The summed E-state index contributed by atoms with van der Waals surface area (Å²) in [5.41, 5.74) is 4.19. The highest BCUT2D eigenvalue weighted by atomic mass is 32.1. The molecule has 2 heterocycles. The molecular formula is C15H13N5OS. The molecule has 22 heavy (non-hydrogen) atoms. The predicted molar refractivity (Wildman–Crippen MR) is 88.1 cm³/mol. The van der Waals surface area contributed by atoms with E-state index in [0.29, 0.717) is 5.13 Å². The lowest BCUT2D eigenvalue weighted by atomic mass is 10.3. The minimum absolute atomic E-state index is 0.115. The van der Waals surface area contributed by atoms with E-state index >= 15 is 0 Å². The second-order valence-corrected chi connectivity index (χ2v) is 5.45. The van der Waals surface area contributed by atoms with E-state index in [4.69, 9.17) is 0 Å². The summed E-state index contributed by atoms with van der Waals surface area (Å²) >= 11 is 1.51. The van der Waals surface area contributed by atoms with E-state index in [1.807, 2.05) is 30.3 Å². The smallest absolute Gasteiger partial charge is 0.259 e. The lowest BCUT2D eigenvalue weighted by molar-refractivity contribution is -0.119. The summed E-state index contributed by atoms with van der Waals surface area (Å²) in [4.78, 5) is 20.0. The number of hydrogen-bond donors (Lipinski definition) is 2. The molecule has 6 nitrogen and oxygen atoms in total. The molecule has 0 fully saturated rings. The van der Waals surface area contributed by atoms with Gasteiger partial charge >= 0.3 is 0 Å². The van der Waals surface area contributed by atoms with Gasteiger partial charge in [-0.1, -0.05) is 29.5 Å². The van der Waals surface area contributed by atoms with Crippen molar-refractivity contribution in [2.45, 2.75) is 0 Å². The van der Waals surface area contributed by atoms with Gasteiger partial charge in [-0.15, -0.1) is 0 Å². The molecule has 0 bridgehead atoms. The molecule has 1 amide bonds. The van der Waals surface area contributed by atoms with Gasteiger partial charge in [0.05, 0.1) is 23.0 Å². The van der Waals surface area contributed by atoms with E-state index in [0.717, 1.165) is 15.8 Å². The van der Waals surface area contributed by atoms with Crippen LogP contribution < -0.4 is 10.7 Å². The van der Waals surface area contributed by atoms with Crippen LogP contribution in [0.5, 0.6) is 0 Å². The Balaban J connectivity index is 1.51. The number of fused-ring (bicyclic) bond motifs is 1. The zero-order valence-corrected chi connectivity index (χ0v) is 12.4. The number of hydrogen-bond acceptors (Lipinski definition) is 6. The van der Waals surface area contributed by atoms with Gasteiger partial charge in [0.15, 0.2) is 5.13 Å². The normalized spacial score (nSPS) is 10.9. The van der Waals surface area contributed by atoms with Crippen LogP contribution in [-0.4, -0.2) is 28.6 Å². The molecule has 1 aromatic carbocycles. The number of hydrazone groups is 1. The van der Waals surface area contributed by atoms with E-state index in [9.17, 15) is 4.79 Å². The van der Waals surface area contributed by atoms with Crippen LogP contribution in [0.4, 0.5) is 5.13 Å². The lowest BCUT2D eigenvalue weighted by Crippen LogP contribution is -2.25. The monoisotopic (exact) mass is 311 g/mol. The Hall–Kier alpha value is -2.80. The maximum Gasteiger partial charge on any atom is 0.259 e. The third kappa shape index (κ3) is 3.64. The van der Waals surface area contributed by atoms with Crippen LogP contribution in [0.2, 0.25) is 0 Å². The summed E-state index contributed by atoms with van der Waals surface area (Å²) in [5, 5.41) is 7.58. The van der Waals surface area contributed by atoms with Gasteiger partial charge in [0.25, 0.3) is 5.91 Å². The van der Waals surface area contributed by atoms with Gasteiger partial charge in [-0.05, 0) is 18.2 Å². The van der Waals surface area contributed by atoms with Crippen LogP contribution in [0.3, 0.4) is 0 Å². The minimum atomic E-state index is -0.237. The highest BCUT2D eigenvalue weighted by Crippen LogP contribution is 2.24. The largest absolute Gasteiger partial charge is 0.352 e. The molecule has 7 heteroatoms. The summed E-state index contributed by atoms with van der Waals surface area (Å²) in [7, 11) is 0. The summed E-state index contributed by atoms with van der Waals surface area (Å²) in [6.07, 6.45) is 4.88. The van der Waals surface area contributed by atoms with Gasteiger partial charge < -0.3 is 5.32 Å². The number of pyridine rings is 1. The number of aromatic nitrogens is 2. The highest BCUT2D eigenvalue weighted by molar-refractivity contribution is 7.22. The number of nitrogens with zero attached hydrogens (tertiary/aromatic N) is 3. The molecule has 0 saturated carbocycles. The minimum Gasteiger partial charge on any atom is -0.352 e. The summed E-state index contributed by atoms with van der Waals surface area (Å²) in [6, 6.07) is 11.5. The molecule has 2 N–H and O–H groups in total. The van der Waals surface area contributed by atoms with Gasteiger partial charge in [-0.25, -0.2) is 10.4 Å². The molecule has 0 aliphatic rings. The first-order valence-electron chi connectivity index (χ1n) is 6.62. The highest BCUT2D eigenvalue weighted by Gasteiger charge is 2.04. The van der Waals surface area contributed by atoms with Gasteiger partial charge in [0.1, 0.15) is 0 Å². The number of benzene rings is 1. The molecule has 0 spiro atoms. The van der Waals surface area contributed by atoms with E-state index < -0.39 is 0 Å². The first-order valence-corrected chi connectivity index (χ1v) is 7.44. The van der Waals surface area contributed by atoms with Crippen LogP contribution in [0, 0.1) is 0 Å². The molecule has 110 valence electrons. The summed E-state index contributed by atoms with van der Waals surface area (Å²) in [6.45, 7) is 0.115. The standard InChI is InChI=1S/C15H13N5OS/c21-14(20-18-9-11-4-3-7-16-8-11)10-17-15-19-12-5-1-2-6-13(12)22-15/h1-9H,10H2,(H,17,19)(H,20,21)/b18-9-. The Morgan fingerprint density at radius 2 is 2.18 bits per heavy atom. The number of carbonyl (C=O) groups excluding carboxylic acids is 1. The van der Waals surface area contributed by atoms with E-state index in [-0.39, 0.29) is 12.5 Å². The Morgan fingerprint density at radius 3 is 3.00 bits per heavy atom. The van der Waals surface area contributed by atoms with Crippen molar-refractivity contribution in [3.05, 3.63) is 54.4 Å². The maximum atomic E-state index is 11.7. The van der Waals surface area contributed by atoms with Crippen molar-refractivity contribution in [3.8, 4) is 0 Å². The molecule has 0 saturated heterocycles. The number of para-hydroxylation sites is 1. The zero-order chi connectivity index (χ0) is 15.2. The van der Waals surface area contributed by atoms with Crippen molar-refractivity contribution >= 4 is 38.8 Å². The number of rotatable bonds is 5. The average Bonchev–Trinajstić information content (AvgIpc) is 2.97. The Kier molecular flexibility index (Phi) is 4.35. The Bertz CT molecular complexity index is 767. The van der Waals surface area contributed by atoms with Gasteiger partial charge in [-0.2, -0.15) is 5.10 Å². The Labute approximate surface area is 130 Å². The third-order valence-electron chi connectivity index (χ3n) is 2.78. The first kappa shape index (κ1) is 14.2. The SMILES string of the molecule is O=C(CNc1nc2ccccc2s1)N/N=C\c1cccnc1. The fraction of sp³-hybridized carbons (Fsp3) is 0.0667. The number of anilines is 1. The van der Waals surface area contributed by atoms with Crippen LogP contribution in [0.15, 0.2) is 53.9 Å². The first-order chi connectivity index (χ1) is 10.8. The van der Waals surface area contributed by atoms with Gasteiger partial charge in [0, 0.05) is 18.0 Å². The molecule has 0 unspecified atom stereocenters. The second-order valence-electron chi connectivity index (χ2n) is 4.42. The van der Waals surface area contributed by atoms with E-state index in [1.165, 1.54) is 11.3 Å². The van der Waals surface area contributed by atoms with E-state index in [2.05, 4.69) is 25.8 Å². The fourth-order valence-corrected chi connectivity index (χ4v) is 2.64. The quantitative estimate of drug-likeness (QED) is 0.559. The number of carbonyl (C=O) groups is 1. The van der Waals surface area contributed by atoms with Crippen molar-refractivity contribution in [1.82, 2.24) is 15.4 Å². The molecule has 0 atom stereocenters. The number of nitrogens with one attached hydrogen (secondary N) is 2. The maximum absolute atomic E-state index is 11.7. The number of amides is 1. The second kappa shape index (κ2) is 6.77. The van der Waals surface area contributed by atoms with Gasteiger partial charge in [0.2, 0.25) is 0 Å². The van der Waals surface area contributed by atoms with E-state index in [1.54, 1.807) is 24.7 Å². The van der Waals surface area contributed by atoms with Crippen LogP contribution in [0.25, 0.3) is 10.2 Å². The fourth-order valence-electron chi connectivity index (χ4n) is 1.77. The Morgan fingerprint density at radius 1 is 1.27 bits per heavy atom. The molecule has 3 aromatic rings. The molecule has 3 rings (SSSR count). The van der Waals surface area contributed by atoms with Crippen LogP contribution >= 0.6 is 11.3 Å². The molecule has 0 aliphatic heterocycles. The van der Waals surface area contributed by atoms with Gasteiger partial charge in [-0.3, -0.25) is 9.78 Å². The topological polar surface area (TPSA) is 79.3 Å². The predicted octanol–water partition coefficient (Wildman–Crippen LogP) is 2.25. The molecule has 0 radical (unpaired) electrons. The molecule has 2 aromatic heterocycles. The number of thiazole rings is 1. The van der Waals surface area contributed by atoms with Crippen molar-refractivity contribution in [2.75, 3.05) is 11.9 Å². The van der Waals surface area contributed by atoms with Crippen molar-refractivity contribution in [2.24, 2.45) is 5.10 Å². The van der Waals surface area contributed by atoms with Crippen molar-refractivity contribution < 1.29 is 4.79 Å². The molecule has 0 aliphatic carbocycles. The van der Waals surface area contributed by atoms with Crippen LogP contribution in [0.1, 0.15) is 5.56 Å². The average molecular weight is 311 g/mol. The van der Waals surface area contributed by atoms with Crippen molar-refractivity contribution in [3.63, 3.8) is 0 Å². The van der Waals surface area contributed by atoms with Crippen molar-refractivity contribution in [1.29, 1.82) is 0 Å². The summed E-state index contributed by atoms with van der Waals surface area (Å²) in [5.74, 6) is -0.237. The molecular weight excluding hydrogens is 298 g/mol. The zero-order valence-electron chi connectivity index (χ0n) is 11.6. The van der Waals surface area contributed by atoms with Crippen LogP contribution in [-0.2, 0) is 4.79 Å². The lowest BCUT2D eigenvalue weighted by Gasteiger charge is -2.00. The third-order valence-corrected chi connectivity index (χ3v) is 3.78.